The highest BCUT2D eigenvalue weighted by Crippen LogP contribution is 2.11. The first-order valence-electron chi connectivity index (χ1n) is 8.76. The van der Waals surface area contributed by atoms with Gasteiger partial charge in [0.2, 0.25) is 5.91 Å². The van der Waals surface area contributed by atoms with Crippen molar-refractivity contribution in [2.75, 3.05) is 11.9 Å². The van der Waals surface area contributed by atoms with Gasteiger partial charge >= 0.3 is 5.97 Å². The van der Waals surface area contributed by atoms with E-state index in [-0.39, 0.29) is 18.0 Å². The van der Waals surface area contributed by atoms with E-state index in [0.29, 0.717) is 23.2 Å². The van der Waals surface area contributed by atoms with Gasteiger partial charge < -0.3 is 10.1 Å². The fourth-order valence-electron chi connectivity index (χ4n) is 2.61. The Kier molecular flexibility index (Phi) is 5.96. The van der Waals surface area contributed by atoms with Gasteiger partial charge in [0.05, 0.1) is 23.8 Å². The quantitative estimate of drug-likeness (QED) is 0.527. The Morgan fingerprint density at radius 2 is 1.89 bits per heavy atom. The van der Waals surface area contributed by atoms with Gasteiger partial charge in [-0.15, -0.1) is 0 Å². The molecule has 0 radical (unpaired) electrons. The van der Waals surface area contributed by atoms with Crippen LogP contribution in [0.5, 0.6) is 0 Å². The van der Waals surface area contributed by atoms with Crippen LogP contribution in [0.3, 0.4) is 0 Å². The molecule has 7 heteroatoms. The number of nitrogens with one attached hydrogen (secondary N) is 1. The molecule has 28 heavy (non-hydrogen) atoms. The summed E-state index contributed by atoms with van der Waals surface area (Å²) in [7, 11) is 0. The predicted molar refractivity (Wildman–Crippen MR) is 107 cm³/mol. The molecule has 1 aromatic heterocycles. The third-order valence-electron chi connectivity index (χ3n) is 3.94. The van der Waals surface area contributed by atoms with Crippen molar-refractivity contribution in [1.82, 2.24) is 9.55 Å². The summed E-state index contributed by atoms with van der Waals surface area (Å²) in [5, 5.41) is 3.20. The molecule has 0 aliphatic heterocycles. The summed E-state index contributed by atoms with van der Waals surface area (Å²) in [5.74, 6) is -0.747. The summed E-state index contributed by atoms with van der Waals surface area (Å²) < 4.78 is 6.09. The Hall–Kier alpha value is -3.74. The first-order chi connectivity index (χ1) is 13.6. The van der Waals surface area contributed by atoms with Crippen LogP contribution in [0.25, 0.3) is 17.0 Å². The summed E-state index contributed by atoms with van der Waals surface area (Å²) in [6, 6.07) is 13.9. The van der Waals surface area contributed by atoms with Crippen LogP contribution in [0.2, 0.25) is 0 Å². The second-order valence-corrected chi connectivity index (χ2v) is 5.95. The zero-order valence-corrected chi connectivity index (χ0v) is 15.3. The van der Waals surface area contributed by atoms with Crippen molar-refractivity contribution in [3.63, 3.8) is 0 Å². The van der Waals surface area contributed by atoms with Crippen LogP contribution in [0.1, 0.15) is 12.5 Å². The van der Waals surface area contributed by atoms with E-state index < -0.39 is 5.97 Å². The molecule has 3 aromatic rings. The van der Waals surface area contributed by atoms with Crippen LogP contribution in [-0.4, -0.2) is 28.0 Å². The molecule has 0 aliphatic rings. The monoisotopic (exact) mass is 377 g/mol. The summed E-state index contributed by atoms with van der Waals surface area (Å²) in [4.78, 5) is 40.2. The van der Waals surface area contributed by atoms with Crippen LogP contribution in [0, 0.1) is 0 Å². The second kappa shape index (κ2) is 8.77. The number of aromatic nitrogens is 2. The third-order valence-corrected chi connectivity index (χ3v) is 3.94. The molecule has 0 atom stereocenters. The van der Waals surface area contributed by atoms with Gasteiger partial charge in [-0.3, -0.25) is 14.2 Å². The van der Waals surface area contributed by atoms with Crippen molar-refractivity contribution in [3.8, 4) is 0 Å². The maximum atomic E-state index is 12.4. The van der Waals surface area contributed by atoms with Gasteiger partial charge in [0.1, 0.15) is 6.54 Å². The first kappa shape index (κ1) is 19.0. The largest absolute Gasteiger partial charge is 0.463 e. The number of hydrogen-bond donors (Lipinski definition) is 1. The van der Waals surface area contributed by atoms with E-state index in [1.54, 1.807) is 61.5 Å². The van der Waals surface area contributed by atoms with Gasteiger partial charge in [-0.05, 0) is 42.8 Å². The number of para-hydroxylation sites is 1. The van der Waals surface area contributed by atoms with E-state index in [1.165, 1.54) is 17.0 Å². The standard InChI is InChI=1S/C21H19N3O4/c1-2-28-20(26)12-9-15-7-10-16(11-8-15)23-19(25)13-24-14-22-18-6-4-3-5-17(18)21(24)27/h3-12,14H,2,13H2,1H3,(H,23,25)/b12-9-. The van der Waals surface area contributed by atoms with Crippen molar-refractivity contribution >= 4 is 34.5 Å². The summed E-state index contributed by atoms with van der Waals surface area (Å²) >= 11 is 0. The molecular weight excluding hydrogens is 358 g/mol. The molecule has 0 aliphatic carbocycles. The molecule has 0 saturated carbocycles. The van der Waals surface area contributed by atoms with Crippen LogP contribution in [0.4, 0.5) is 5.69 Å². The van der Waals surface area contributed by atoms with Crippen molar-refractivity contribution in [2.45, 2.75) is 13.5 Å². The molecule has 142 valence electrons. The zero-order valence-electron chi connectivity index (χ0n) is 15.3. The van der Waals surface area contributed by atoms with E-state index in [9.17, 15) is 14.4 Å². The van der Waals surface area contributed by atoms with E-state index in [0.717, 1.165) is 5.56 Å². The van der Waals surface area contributed by atoms with E-state index in [2.05, 4.69) is 10.3 Å². The second-order valence-electron chi connectivity index (χ2n) is 5.95. The number of fused-ring (bicyclic) bond motifs is 1. The molecule has 7 nitrogen and oxygen atoms in total. The summed E-state index contributed by atoms with van der Waals surface area (Å²) in [6.07, 6.45) is 4.34. The smallest absolute Gasteiger partial charge is 0.330 e. The maximum Gasteiger partial charge on any atom is 0.330 e. The van der Waals surface area contributed by atoms with Gasteiger partial charge in [-0.1, -0.05) is 24.3 Å². The highest BCUT2D eigenvalue weighted by Gasteiger charge is 2.08. The number of ether oxygens (including phenoxy) is 1. The minimum absolute atomic E-state index is 0.138. The number of carbonyl (C=O) groups excluding carboxylic acids is 2. The van der Waals surface area contributed by atoms with Crippen LogP contribution < -0.4 is 10.9 Å². The van der Waals surface area contributed by atoms with Gasteiger partial charge in [0.25, 0.3) is 5.56 Å². The number of esters is 1. The number of amides is 1. The lowest BCUT2D eigenvalue weighted by molar-refractivity contribution is -0.137. The van der Waals surface area contributed by atoms with Crippen molar-refractivity contribution in [3.05, 3.63) is 76.9 Å². The Bertz CT molecular complexity index is 1080. The van der Waals surface area contributed by atoms with Crippen LogP contribution in [0.15, 0.2) is 65.7 Å². The minimum Gasteiger partial charge on any atom is -0.463 e. The van der Waals surface area contributed by atoms with Gasteiger partial charge in [0.15, 0.2) is 0 Å². The number of benzene rings is 2. The lowest BCUT2D eigenvalue weighted by Gasteiger charge is -2.08. The average molecular weight is 377 g/mol. The molecule has 1 heterocycles. The van der Waals surface area contributed by atoms with Crippen molar-refractivity contribution in [2.24, 2.45) is 0 Å². The highest BCUT2D eigenvalue weighted by atomic mass is 16.5. The first-order valence-corrected chi connectivity index (χ1v) is 8.76. The topological polar surface area (TPSA) is 90.3 Å². The van der Waals surface area contributed by atoms with E-state index in [1.807, 2.05) is 0 Å². The Labute approximate surface area is 161 Å². The molecule has 2 aromatic carbocycles. The zero-order chi connectivity index (χ0) is 19.9. The van der Waals surface area contributed by atoms with Crippen LogP contribution >= 0.6 is 0 Å². The Balaban J connectivity index is 1.64. The molecule has 3 rings (SSSR count). The normalized spacial score (nSPS) is 10.9. The Morgan fingerprint density at radius 1 is 1.14 bits per heavy atom. The van der Waals surface area contributed by atoms with Gasteiger partial charge in [-0.2, -0.15) is 0 Å². The Morgan fingerprint density at radius 3 is 2.64 bits per heavy atom. The molecule has 0 saturated heterocycles. The van der Waals surface area contributed by atoms with Gasteiger partial charge in [-0.25, -0.2) is 9.78 Å². The molecule has 0 unspecified atom stereocenters. The van der Waals surface area contributed by atoms with E-state index in [4.69, 9.17) is 4.74 Å². The fourth-order valence-corrected chi connectivity index (χ4v) is 2.61. The van der Waals surface area contributed by atoms with Crippen LogP contribution in [-0.2, 0) is 20.9 Å². The SMILES string of the molecule is CCOC(=O)/C=C\c1ccc(NC(=O)Cn2cnc3ccccc3c2=O)cc1. The predicted octanol–water partition coefficient (Wildman–Crippen LogP) is 2.61. The molecule has 0 spiro atoms. The average Bonchev–Trinajstić information content (AvgIpc) is 2.70. The number of nitrogens with zero attached hydrogens (tertiary/aromatic N) is 2. The van der Waals surface area contributed by atoms with Gasteiger partial charge in [0, 0.05) is 11.8 Å². The number of rotatable bonds is 6. The third kappa shape index (κ3) is 4.70. The lowest BCUT2D eigenvalue weighted by atomic mass is 10.2. The molecule has 1 amide bonds. The summed E-state index contributed by atoms with van der Waals surface area (Å²) in [5.41, 5.74) is 1.71. The molecule has 0 fully saturated rings. The maximum absolute atomic E-state index is 12.4. The van der Waals surface area contributed by atoms with Crippen molar-refractivity contribution < 1.29 is 14.3 Å². The lowest BCUT2D eigenvalue weighted by Crippen LogP contribution is -2.27. The molecular formula is C21H19N3O4. The number of anilines is 1. The molecule has 0 bridgehead atoms. The minimum atomic E-state index is -0.408. The summed E-state index contributed by atoms with van der Waals surface area (Å²) in [6.45, 7) is 1.93. The van der Waals surface area contributed by atoms with Crippen molar-refractivity contribution in [1.29, 1.82) is 0 Å². The fraction of sp³-hybridized carbons (Fsp3) is 0.143. The number of hydrogen-bond acceptors (Lipinski definition) is 5. The number of carbonyl (C=O) groups is 2. The molecule has 1 N–H and O–H groups in total. The highest BCUT2D eigenvalue weighted by molar-refractivity contribution is 5.91. The van der Waals surface area contributed by atoms with E-state index >= 15 is 0 Å².